The molecule has 2 aromatic carbocycles. The number of ketones is 2. The van der Waals surface area contributed by atoms with Gasteiger partial charge in [-0.2, -0.15) is 5.10 Å². The second-order valence-electron chi connectivity index (χ2n) is 7.30. The van der Waals surface area contributed by atoms with Gasteiger partial charge in [0.2, 0.25) is 0 Å². The summed E-state index contributed by atoms with van der Waals surface area (Å²) in [5.41, 5.74) is 2.58. The van der Waals surface area contributed by atoms with Crippen LogP contribution in [0.1, 0.15) is 46.0 Å². The molecule has 164 valence electrons. The zero-order valence-corrected chi connectivity index (χ0v) is 18.2. The number of nitrogens with one attached hydrogen (secondary N) is 1. The van der Waals surface area contributed by atoms with Crippen LogP contribution in [0.15, 0.2) is 54.6 Å². The zero-order valence-electron chi connectivity index (χ0n) is 18.2. The van der Waals surface area contributed by atoms with Crippen molar-refractivity contribution in [2.75, 3.05) is 5.32 Å². The van der Waals surface area contributed by atoms with Gasteiger partial charge in [-0.15, -0.1) is 0 Å². The molecule has 0 spiro atoms. The smallest absolute Gasteiger partial charge is 0.380 e. The van der Waals surface area contributed by atoms with Gasteiger partial charge in [-0.05, 0) is 52.0 Å². The summed E-state index contributed by atoms with van der Waals surface area (Å²) in [6, 6.07) is 15.6. The predicted octanol–water partition coefficient (Wildman–Crippen LogP) is 3.44. The summed E-state index contributed by atoms with van der Waals surface area (Å²) < 4.78 is 6.68. The Morgan fingerprint density at radius 2 is 1.69 bits per heavy atom. The Hall–Kier alpha value is -4.07. The maximum atomic E-state index is 12.8. The number of aromatic nitrogens is 2. The summed E-state index contributed by atoms with van der Waals surface area (Å²) in [5, 5.41) is 6.93. The number of carbonyl (C=O) groups is 4. The first kappa shape index (κ1) is 22.6. The van der Waals surface area contributed by atoms with Crippen molar-refractivity contribution in [3.8, 4) is 5.69 Å². The fourth-order valence-corrected chi connectivity index (χ4v) is 3.22. The molecule has 1 unspecified atom stereocenters. The first-order chi connectivity index (χ1) is 15.2. The van der Waals surface area contributed by atoms with E-state index in [1.54, 1.807) is 36.7 Å². The fourth-order valence-electron chi connectivity index (χ4n) is 3.22. The fraction of sp³-hybridized carbons (Fsp3) is 0.208. The minimum absolute atomic E-state index is 0.139. The Labute approximate surface area is 185 Å². The van der Waals surface area contributed by atoms with E-state index in [9.17, 15) is 19.2 Å². The van der Waals surface area contributed by atoms with Gasteiger partial charge in [0.1, 0.15) is 0 Å². The van der Waals surface area contributed by atoms with E-state index in [0.717, 1.165) is 5.69 Å². The van der Waals surface area contributed by atoms with Gasteiger partial charge in [0, 0.05) is 11.3 Å². The van der Waals surface area contributed by atoms with E-state index in [4.69, 9.17) is 4.74 Å². The van der Waals surface area contributed by atoms with Crippen molar-refractivity contribution in [2.24, 2.45) is 0 Å². The van der Waals surface area contributed by atoms with E-state index in [0.29, 0.717) is 22.6 Å². The number of carbonyl (C=O) groups excluding carboxylic acids is 4. The number of aryl methyl sites for hydroxylation is 1. The standard InChI is InChI=1S/C24H23N3O5/c1-14-21(15(2)27(26-14)20-11-6-5-7-12-20)22(29)24(31)32-17(4)23(30)25-19-10-8-9-18(13-19)16(3)28/h5-13,17H,1-4H3,(H,25,30). The molecule has 0 radical (unpaired) electrons. The summed E-state index contributed by atoms with van der Waals surface area (Å²) in [6.07, 6.45) is -1.22. The molecule has 1 atom stereocenters. The first-order valence-corrected chi connectivity index (χ1v) is 9.98. The summed E-state index contributed by atoms with van der Waals surface area (Å²) >= 11 is 0. The largest absolute Gasteiger partial charge is 0.447 e. The number of hydrogen-bond donors (Lipinski definition) is 1. The molecule has 0 aliphatic carbocycles. The van der Waals surface area contributed by atoms with Gasteiger partial charge in [-0.1, -0.05) is 30.3 Å². The van der Waals surface area contributed by atoms with Crippen molar-refractivity contribution >= 4 is 29.1 Å². The third kappa shape index (κ3) is 4.80. The molecule has 0 aliphatic rings. The van der Waals surface area contributed by atoms with Crippen LogP contribution in [0.5, 0.6) is 0 Å². The molecule has 3 aromatic rings. The molecular formula is C24H23N3O5. The highest BCUT2D eigenvalue weighted by atomic mass is 16.6. The molecule has 8 nitrogen and oxygen atoms in total. The molecule has 1 heterocycles. The molecule has 32 heavy (non-hydrogen) atoms. The molecule has 0 fully saturated rings. The quantitative estimate of drug-likeness (QED) is 0.347. The molecule has 1 aromatic heterocycles. The number of nitrogens with zero attached hydrogens (tertiary/aromatic N) is 2. The van der Waals surface area contributed by atoms with Gasteiger partial charge in [0.05, 0.1) is 22.6 Å². The average molecular weight is 433 g/mol. The molecule has 0 saturated carbocycles. The Balaban J connectivity index is 1.71. The minimum atomic E-state index is -1.22. The molecular weight excluding hydrogens is 410 g/mol. The van der Waals surface area contributed by atoms with Crippen LogP contribution in [0.25, 0.3) is 5.69 Å². The molecule has 0 bridgehead atoms. The first-order valence-electron chi connectivity index (χ1n) is 9.98. The van der Waals surface area contributed by atoms with Crippen molar-refractivity contribution in [1.29, 1.82) is 0 Å². The van der Waals surface area contributed by atoms with Crippen LogP contribution < -0.4 is 5.32 Å². The van der Waals surface area contributed by atoms with Crippen LogP contribution >= 0.6 is 0 Å². The van der Waals surface area contributed by atoms with Crippen LogP contribution in [0.2, 0.25) is 0 Å². The average Bonchev–Trinajstić information content (AvgIpc) is 3.07. The molecule has 0 saturated heterocycles. The van der Waals surface area contributed by atoms with Gasteiger partial charge in [0.25, 0.3) is 11.7 Å². The van der Waals surface area contributed by atoms with Gasteiger partial charge in [-0.25, -0.2) is 9.48 Å². The monoisotopic (exact) mass is 433 g/mol. The van der Waals surface area contributed by atoms with Crippen molar-refractivity contribution in [2.45, 2.75) is 33.8 Å². The van der Waals surface area contributed by atoms with Crippen LogP contribution in [-0.2, 0) is 14.3 Å². The van der Waals surface area contributed by atoms with E-state index in [2.05, 4.69) is 10.4 Å². The molecule has 0 aliphatic heterocycles. The van der Waals surface area contributed by atoms with E-state index in [-0.39, 0.29) is 11.3 Å². The second kappa shape index (κ2) is 9.38. The lowest BCUT2D eigenvalue weighted by atomic mass is 10.1. The number of esters is 1. The number of hydrogen-bond acceptors (Lipinski definition) is 6. The Morgan fingerprint density at radius 3 is 2.34 bits per heavy atom. The van der Waals surface area contributed by atoms with E-state index < -0.39 is 23.8 Å². The Bertz CT molecular complexity index is 1200. The van der Waals surface area contributed by atoms with Crippen LogP contribution in [0.4, 0.5) is 5.69 Å². The van der Waals surface area contributed by atoms with Crippen molar-refractivity contribution < 1.29 is 23.9 Å². The third-order valence-corrected chi connectivity index (χ3v) is 4.89. The van der Waals surface area contributed by atoms with Gasteiger partial charge in [0.15, 0.2) is 11.9 Å². The summed E-state index contributed by atoms with van der Waals surface area (Å²) in [4.78, 5) is 49.1. The van der Waals surface area contributed by atoms with Gasteiger partial charge < -0.3 is 10.1 Å². The minimum Gasteiger partial charge on any atom is -0.447 e. The number of benzene rings is 2. The number of rotatable bonds is 7. The maximum absolute atomic E-state index is 12.8. The number of amides is 1. The Kier molecular flexibility index (Phi) is 6.63. The van der Waals surface area contributed by atoms with Crippen LogP contribution in [-0.4, -0.2) is 39.3 Å². The molecule has 3 rings (SSSR count). The predicted molar refractivity (Wildman–Crippen MR) is 118 cm³/mol. The highest BCUT2D eigenvalue weighted by molar-refractivity contribution is 6.41. The normalized spacial score (nSPS) is 11.5. The van der Waals surface area contributed by atoms with Crippen LogP contribution in [0.3, 0.4) is 0 Å². The lowest BCUT2D eigenvalue weighted by Gasteiger charge is -2.13. The van der Waals surface area contributed by atoms with E-state index in [1.165, 1.54) is 19.9 Å². The van der Waals surface area contributed by atoms with E-state index in [1.807, 2.05) is 30.3 Å². The number of para-hydroxylation sites is 1. The van der Waals surface area contributed by atoms with Crippen molar-refractivity contribution in [3.05, 3.63) is 77.1 Å². The molecule has 8 heteroatoms. The molecule has 1 amide bonds. The Morgan fingerprint density at radius 1 is 1.00 bits per heavy atom. The highest BCUT2D eigenvalue weighted by Gasteiger charge is 2.29. The number of Topliss-reactive ketones (excluding diaryl/α,β-unsaturated/α-hetero) is 2. The number of ether oxygens (including phenoxy) is 1. The molecule has 1 N–H and O–H groups in total. The highest BCUT2D eigenvalue weighted by Crippen LogP contribution is 2.19. The second-order valence-corrected chi connectivity index (χ2v) is 7.30. The van der Waals surface area contributed by atoms with Crippen molar-refractivity contribution in [1.82, 2.24) is 9.78 Å². The summed E-state index contributed by atoms with van der Waals surface area (Å²) in [5.74, 6) is -2.79. The summed E-state index contributed by atoms with van der Waals surface area (Å²) in [7, 11) is 0. The number of anilines is 1. The van der Waals surface area contributed by atoms with Crippen LogP contribution in [0, 0.1) is 13.8 Å². The SMILES string of the molecule is CC(=O)c1cccc(NC(=O)C(C)OC(=O)C(=O)c2c(C)nn(-c3ccccc3)c2C)c1. The third-order valence-electron chi connectivity index (χ3n) is 4.89. The lowest BCUT2D eigenvalue weighted by Crippen LogP contribution is -2.32. The topological polar surface area (TPSA) is 107 Å². The summed E-state index contributed by atoms with van der Waals surface area (Å²) in [6.45, 7) is 6.10. The lowest BCUT2D eigenvalue weighted by molar-refractivity contribution is -0.148. The zero-order chi connectivity index (χ0) is 23.4. The van der Waals surface area contributed by atoms with Gasteiger partial charge >= 0.3 is 5.97 Å². The van der Waals surface area contributed by atoms with Gasteiger partial charge in [-0.3, -0.25) is 14.4 Å². The van der Waals surface area contributed by atoms with E-state index >= 15 is 0 Å². The maximum Gasteiger partial charge on any atom is 0.380 e. The van der Waals surface area contributed by atoms with Crippen molar-refractivity contribution in [3.63, 3.8) is 0 Å².